The fourth-order valence-corrected chi connectivity index (χ4v) is 1.60. The molecule has 0 aliphatic heterocycles. The van der Waals surface area contributed by atoms with Gasteiger partial charge in [0.25, 0.3) is 0 Å². The number of unbranched alkanes of at least 4 members (excludes halogenated alkanes) is 1. The normalized spacial score (nSPS) is 16.3. The van der Waals surface area contributed by atoms with Crippen LogP contribution in [0.3, 0.4) is 0 Å². The summed E-state index contributed by atoms with van der Waals surface area (Å²) in [6, 6.07) is 0. The summed E-state index contributed by atoms with van der Waals surface area (Å²) in [4.78, 5) is 11.2. The molecule has 0 aromatic heterocycles. The summed E-state index contributed by atoms with van der Waals surface area (Å²) in [6.07, 6.45) is 4.55. The van der Waals surface area contributed by atoms with Gasteiger partial charge in [0.15, 0.2) is 5.60 Å². The van der Waals surface area contributed by atoms with Crippen LogP contribution in [0.1, 0.15) is 46.5 Å². The van der Waals surface area contributed by atoms with E-state index in [1.165, 1.54) is 26.9 Å². The van der Waals surface area contributed by atoms with Crippen LogP contribution in [-0.4, -0.2) is 37.0 Å². The molecule has 4 nitrogen and oxygen atoms in total. The number of carbonyl (C=O) groups excluding carboxylic acids is 1. The van der Waals surface area contributed by atoms with Crippen molar-refractivity contribution in [1.82, 2.24) is 0 Å². The third kappa shape index (κ3) is 6.64. The van der Waals surface area contributed by atoms with Gasteiger partial charge in [0.05, 0.1) is 13.7 Å². The second kappa shape index (κ2) is 8.48. The topological polar surface area (TPSA) is 55.8 Å². The Labute approximate surface area is 104 Å². The van der Waals surface area contributed by atoms with Crippen LogP contribution in [0.4, 0.5) is 0 Å². The second-order valence-electron chi connectivity index (χ2n) is 4.70. The number of methoxy groups -OCH3 is 1. The average Bonchev–Trinajstić information content (AvgIpc) is 2.32. The molecule has 0 aliphatic carbocycles. The van der Waals surface area contributed by atoms with Gasteiger partial charge < -0.3 is 14.6 Å². The van der Waals surface area contributed by atoms with Crippen molar-refractivity contribution in [2.24, 2.45) is 5.92 Å². The van der Waals surface area contributed by atoms with Crippen molar-refractivity contribution >= 4 is 5.97 Å². The van der Waals surface area contributed by atoms with E-state index in [4.69, 9.17) is 4.74 Å². The minimum Gasteiger partial charge on any atom is -0.467 e. The number of hydrogen-bond donors (Lipinski definition) is 1. The maximum absolute atomic E-state index is 11.2. The Morgan fingerprint density at radius 2 is 2.06 bits per heavy atom. The number of carbonyl (C=O) groups is 1. The lowest BCUT2D eigenvalue weighted by Crippen LogP contribution is -2.41. The number of rotatable bonds is 9. The summed E-state index contributed by atoms with van der Waals surface area (Å²) in [6.45, 7) is 6.27. The van der Waals surface area contributed by atoms with Gasteiger partial charge in [0.1, 0.15) is 0 Å². The fraction of sp³-hybridized carbons (Fsp3) is 0.923. The lowest BCUT2D eigenvalue weighted by molar-refractivity contribution is -0.167. The summed E-state index contributed by atoms with van der Waals surface area (Å²) in [5.74, 6) is -0.150. The molecule has 0 spiro atoms. The zero-order valence-corrected chi connectivity index (χ0v) is 11.5. The molecule has 4 heteroatoms. The smallest absolute Gasteiger partial charge is 0.339 e. The standard InChI is InChI=1S/C13H26O4/c1-5-7-8-11(6-2)9-17-10-13(3,15)12(14)16-4/h11,15H,5-10H2,1-4H3. The molecule has 0 saturated carbocycles. The monoisotopic (exact) mass is 246 g/mol. The SMILES string of the molecule is CCCCC(CC)COCC(C)(O)C(=O)OC. The molecule has 0 heterocycles. The Morgan fingerprint density at radius 1 is 1.41 bits per heavy atom. The second-order valence-corrected chi connectivity index (χ2v) is 4.70. The Balaban J connectivity index is 3.91. The Morgan fingerprint density at radius 3 is 2.53 bits per heavy atom. The molecule has 0 radical (unpaired) electrons. The van der Waals surface area contributed by atoms with Gasteiger partial charge in [-0.05, 0) is 19.3 Å². The van der Waals surface area contributed by atoms with E-state index in [1.807, 2.05) is 0 Å². The van der Waals surface area contributed by atoms with Crippen LogP contribution in [0.25, 0.3) is 0 Å². The third-order valence-corrected chi connectivity index (χ3v) is 2.91. The van der Waals surface area contributed by atoms with Crippen molar-refractivity contribution in [3.63, 3.8) is 0 Å². The van der Waals surface area contributed by atoms with Gasteiger partial charge in [-0.1, -0.05) is 33.1 Å². The highest BCUT2D eigenvalue weighted by Crippen LogP contribution is 2.14. The zero-order chi connectivity index (χ0) is 13.3. The predicted molar refractivity (Wildman–Crippen MR) is 66.8 cm³/mol. The van der Waals surface area contributed by atoms with Crippen molar-refractivity contribution in [2.45, 2.75) is 52.1 Å². The molecule has 0 aromatic rings. The van der Waals surface area contributed by atoms with Crippen LogP contribution in [0, 0.1) is 5.92 Å². The third-order valence-electron chi connectivity index (χ3n) is 2.91. The summed E-state index contributed by atoms with van der Waals surface area (Å²) >= 11 is 0. The molecule has 1 N–H and O–H groups in total. The van der Waals surface area contributed by atoms with E-state index in [9.17, 15) is 9.90 Å². The van der Waals surface area contributed by atoms with Crippen molar-refractivity contribution in [3.05, 3.63) is 0 Å². The van der Waals surface area contributed by atoms with Crippen LogP contribution in [0.5, 0.6) is 0 Å². The van der Waals surface area contributed by atoms with E-state index in [2.05, 4.69) is 18.6 Å². The maximum atomic E-state index is 11.2. The minimum atomic E-state index is -1.54. The molecule has 0 aliphatic rings. The van der Waals surface area contributed by atoms with Crippen molar-refractivity contribution in [1.29, 1.82) is 0 Å². The van der Waals surface area contributed by atoms with E-state index in [0.717, 1.165) is 12.8 Å². The van der Waals surface area contributed by atoms with Crippen LogP contribution in [-0.2, 0) is 14.3 Å². The highest BCUT2D eigenvalue weighted by atomic mass is 16.6. The molecule has 0 bridgehead atoms. The molecule has 0 fully saturated rings. The Kier molecular flexibility index (Phi) is 8.17. The van der Waals surface area contributed by atoms with Crippen molar-refractivity contribution in [3.8, 4) is 0 Å². The molecular formula is C13H26O4. The highest BCUT2D eigenvalue weighted by molar-refractivity contribution is 5.78. The zero-order valence-electron chi connectivity index (χ0n) is 11.5. The first-order valence-corrected chi connectivity index (χ1v) is 6.36. The van der Waals surface area contributed by atoms with E-state index < -0.39 is 11.6 Å². The molecule has 2 atom stereocenters. The predicted octanol–water partition coefficient (Wildman–Crippen LogP) is 2.14. The first kappa shape index (κ1) is 16.4. The van der Waals surface area contributed by atoms with Crippen molar-refractivity contribution < 1.29 is 19.4 Å². The summed E-state index contributed by atoms with van der Waals surface area (Å²) < 4.78 is 9.92. The van der Waals surface area contributed by atoms with E-state index in [1.54, 1.807) is 0 Å². The van der Waals surface area contributed by atoms with Gasteiger partial charge in [-0.15, -0.1) is 0 Å². The van der Waals surface area contributed by atoms with Gasteiger partial charge in [0, 0.05) is 6.61 Å². The highest BCUT2D eigenvalue weighted by Gasteiger charge is 2.31. The van der Waals surface area contributed by atoms with Gasteiger partial charge in [-0.2, -0.15) is 0 Å². The average molecular weight is 246 g/mol. The van der Waals surface area contributed by atoms with Gasteiger partial charge >= 0.3 is 5.97 Å². The first-order chi connectivity index (χ1) is 7.97. The summed E-state index contributed by atoms with van der Waals surface area (Å²) in [7, 11) is 1.26. The number of aliphatic hydroxyl groups is 1. The quantitative estimate of drug-likeness (QED) is 0.633. The molecule has 102 valence electrons. The first-order valence-electron chi connectivity index (χ1n) is 6.36. The molecule has 0 saturated heterocycles. The molecule has 2 unspecified atom stereocenters. The molecular weight excluding hydrogens is 220 g/mol. The molecule has 17 heavy (non-hydrogen) atoms. The Bertz CT molecular complexity index is 213. The number of esters is 1. The molecule has 0 amide bonds. The largest absolute Gasteiger partial charge is 0.467 e. The van der Waals surface area contributed by atoms with Gasteiger partial charge in [-0.25, -0.2) is 4.79 Å². The number of hydrogen-bond acceptors (Lipinski definition) is 4. The van der Waals surface area contributed by atoms with E-state index >= 15 is 0 Å². The van der Waals surface area contributed by atoms with Crippen LogP contribution in [0.15, 0.2) is 0 Å². The minimum absolute atomic E-state index is 0.0116. The molecule has 0 aromatic carbocycles. The molecule has 0 rings (SSSR count). The van der Waals surface area contributed by atoms with Crippen molar-refractivity contribution in [2.75, 3.05) is 20.3 Å². The van der Waals surface area contributed by atoms with Gasteiger partial charge in [0.2, 0.25) is 0 Å². The van der Waals surface area contributed by atoms with Gasteiger partial charge in [-0.3, -0.25) is 0 Å². The summed E-state index contributed by atoms with van der Waals surface area (Å²) in [5, 5.41) is 9.75. The Hall–Kier alpha value is -0.610. The van der Waals surface area contributed by atoms with Crippen LogP contribution >= 0.6 is 0 Å². The maximum Gasteiger partial charge on any atom is 0.339 e. The van der Waals surface area contributed by atoms with E-state index in [-0.39, 0.29) is 6.61 Å². The fourth-order valence-electron chi connectivity index (χ4n) is 1.60. The van der Waals surface area contributed by atoms with Crippen LogP contribution < -0.4 is 0 Å². The summed E-state index contributed by atoms with van der Waals surface area (Å²) in [5.41, 5.74) is -1.54. The van der Waals surface area contributed by atoms with E-state index in [0.29, 0.717) is 12.5 Å². The van der Waals surface area contributed by atoms with Crippen LogP contribution in [0.2, 0.25) is 0 Å². The lowest BCUT2D eigenvalue weighted by atomic mass is 10.0. The lowest BCUT2D eigenvalue weighted by Gasteiger charge is -2.22. The number of ether oxygens (including phenoxy) is 2.